The van der Waals surface area contributed by atoms with Gasteiger partial charge in [0.2, 0.25) is 0 Å². The van der Waals surface area contributed by atoms with E-state index in [9.17, 15) is 19.6 Å². The highest BCUT2D eigenvalue weighted by atomic mass is 16.5. The summed E-state index contributed by atoms with van der Waals surface area (Å²) < 4.78 is -0.131. The van der Waals surface area contributed by atoms with Gasteiger partial charge in [0.05, 0.1) is 0 Å². The highest BCUT2D eigenvalue weighted by Gasteiger charge is 2.21. The van der Waals surface area contributed by atoms with Crippen LogP contribution in [0.3, 0.4) is 0 Å². The Bertz CT molecular complexity index is 1030. The molecule has 0 bridgehead atoms. The van der Waals surface area contributed by atoms with Gasteiger partial charge in [0.1, 0.15) is 11.4 Å². The molecule has 1 heterocycles. The van der Waals surface area contributed by atoms with E-state index >= 15 is 0 Å². The number of amides is 1. The van der Waals surface area contributed by atoms with Gasteiger partial charge in [-0.15, -0.1) is 0 Å². The quantitative estimate of drug-likeness (QED) is 0.521. The van der Waals surface area contributed by atoms with E-state index in [2.05, 4.69) is 15.6 Å². The zero-order chi connectivity index (χ0) is 18.5. The van der Waals surface area contributed by atoms with Crippen molar-refractivity contribution < 1.29 is 10.0 Å². The number of carbonyl (C=O) groups excluding carboxylic acids is 1. The number of nitrogens with one attached hydrogen (secondary N) is 3. The van der Waals surface area contributed by atoms with Crippen molar-refractivity contribution in [3.05, 3.63) is 92.6 Å². The Morgan fingerprint density at radius 1 is 1.00 bits per heavy atom. The maximum absolute atomic E-state index is 12.5. The van der Waals surface area contributed by atoms with Gasteiger partial charge in [-0.3, -0.25) is 14.6 Å². The first-order valence-corrected chi connectivity index (χ1v) is 7.79. The van der Waals surface area contributed by atoms with E-state index in [1.807, 2.05) is 30.3 Å². The minimum atomic E-state index is -1.11. The van der Waals surface area contributed by atoms with Crippen molar-refractivity contribution in [2.24, 2.45) is 0 Å². The van der Waals surface area contributed by atoms with Crippen molar-refractivity contribution in [3.8, 4) is 0 Å². The second kappa shape index (κ2) is 7.39. The molecule has 0 saturated carbocycles. The molecule has 2 aromatic carbocycles. The van der Waals surface area contributed by atoms with Crippen LogP contribution in [0.5, 0.6) is 0 Å². The second-order valence-corrected chi connectivity index (χ2v) is 5.46. The van der Waals surface area contributed by atoms with Crippen LogP contribution in [0.4, 0.5) is 11.5 Å². The summed E-state index contributed by atoms with van der Waals surface area (Å²) in [5.41, 5.74) is -1.19. The number of nitrogens with zero attached hydrogens (tertiary/aromatic N) is 1. The van der Waals surface area contributed by atoms with Crippen molar-refractivity contribution in [2.45, 2.75) is 6.54 Å². The van der Waals surface area contributed by atoms with E-state index in [1.54, 1.807) is 30.3 Å². The lowest BCUT2D eigenvalue weighted by molar-refractivity contribution is 0.101. The zero-order valence-corrected chi connectivity index (χ0v) is 13.6. The summed E-state index contributed by atoms with van der Waals surface area (Å²) in [7, 11) is 0. The second-order valence-electron chi connectivity index (χ2n) is 5.46. The molecule has 0 saturated heterocycles. The number of hydrogen-bond acceptors (Lipinski definition) is 5. The van der Waals surface area contributed by atoms with Crippen LogP contribution in [0, 0.1) is 0 Å². The predicted octanol–water partition coefficient (Wildman–Crippen LogP) is 1.64. The summed E-state index contributed by atoms with van der Waals surface area (Å²) in [6.07, 6.45) is 0. The molecule has 0 fully saturated rings. The van der Waals surface area contributed by atoms with Gasteiger partial charge in [-0.2, -0.15) is 0 Å². The summed E-state index contributed by atoms with van der Waals surface area (Å²) in [5, 5.41) is 15.0. The minimum absolute atomic E-state index is 0.0671. The van der Waals surface area contributed by atoms with Crippen molar-refractivity contribution in [2.75, 3.05) is 10.6 Å². The average Bonchev–Trinajstić information content (AvgIpc) is 2.66. The molecule has 0 radical (unpaired) electrons. The van der Waals surface area contributed by atoms with E-state index in [0.29, 0.717) is 5.69 Å². The number of aromatic nitrogens is 2. The van der Waals surface area contributed by atoms with Crippen LogP contribution in [-0.2, 0) is 6.54 Å². The van der Waals surface area contributed by atoms with Gasteiger partial charge in [0.25, 0.3) is 5.91 Å². The molecule has 0 spiro atoms. The van der Waals surface area contributed by atoms with E-state index in [-0.39, 0.29) is 17.1 Å². The molecule has 0 aliphatic carbocycles. The molecular weight excluding hydrogens is 336 g/mol. The van der Waals surface area contributed by atoms with Gasteiger partial charge in [-0.25, -0.2) is 4.79 Å². The van der Waals surface area contributed by atoms with Gasteiger partial charge in [-0.05, 0) is 17.7 Å². The van der Waals surface area contributed by atoms with Crippen LogP contribution in [0.15, 0.2) is 70.3 Å². The van der Waals surface area contributed by atoms with Crippen LogP contribution < -0.4 is 21.9 Å². The van der Waals surface area contributed by atoms with Crippen molar-refractivity contribution in [1.29, 1.82) is 0 Å². The molecule has 26 heavy (non-hydrogen) atoms. The van der Waals surface area contributed by atoms with Gasteiger partial charge in [0.15, 0.2) is 0 Å². The number of anilines is 2. The first-order chi connectivity index (χ1) is 12.6. The maximum Gasteiger partial charge on any atom is 0.363 e. The Kier molecular flexibility index (Phi) is 4.84. The third kappa shape index (κ3) is 3.64. The van der Waals surface area contributed by atoms with Crippen LogP contribution in [-0.4, -0.2) is 20.8 Å². The highest BCUT2D eigenvalue weighted by Crippen LogP contribution is 2.12. The molecule has 8 nitrogen and oxygen atoms in total. The Hall–Kier alpha value is -3.81. The molecule has 0 unspecified atom stereocenters. The number of H-pyrrole nitrogens is 1. The van der Waals surface area contributed by atoms with E-state index in [1.165, 1.54) is 0 Å². The monoisotopic (exact) mass is 352 g/mol. The summed E-state index contributed by atoms with van der Waals surface area (Å²) in [6, 6.07) is 17.8. The lowest BCUT2D eigenvalue weighted by atomic mass is 10.2. The standard InChI is InChI=1S/C18H16N4O4/c23-16(20-13-9-5-2-6-10-13)14-15(21-18(25)22(26)17(14)24)19-11-12-7-3-1-4-8-12/h1-10,19,26H,11H2,(H,20,23)(H,21,25). The molecule has 3 aromatic rings. The molecule has 0 aliphatic rings. The summed E-state index contributed by atoms with van der Waals surface area (Å²) in [6.45, 7) is 0.275. The molecule has 0 atom stereocenters. The topological polar surface area (TPSA) is 116 Å². The Morgan fingerprint density at radius 2 is 1.62 bits per heavy atom. The number of carbonyl (C=O) groups is 1. The SMILES string of the molecule is O=C(Nc1ccccc1)c1c(NCc2ccccc2)[nH]c(=O)n(O)c1=O. The molecule has 132 valence electrons. The van der Waals surface area contributed by atoms with Crippen LogP contribution in [0.25, 0.3) is 0 Å². The fraction of sp³-hybridized carbons (Fsp3) is 0.0556. The minimum Gasteiger partial charge on any atom is -0.421 e. The molecule has 0 aliphatic heterocycles. The molecule has 4 N–H and O–H groups in total. The number of para-hydroxylation sites is 1. The molecule has 1 amide bonds. The summed E-state index contributed by atoms with van der Waals surface area (Å²) >= 11 is 0. The third-order valence-corrected chi connectivity index (χ3v) is 3.65. The Labute approximate surface area is 147 Å². The van der Waals surface area contributed by atoms with E-state index in [4.69, 9.17) is 0 Å². The molecule has 3 rings (SSSR count). The first kappa shape index (κ1) is 17.0. The number of rotatable bonds is 5. The average molecular weight is 352 g/mol. The summed E-state index contributed by atoms with van der Waals surface area (Å²) in [5.74, 6) is -0.821. The Balaban J connectivity index is 1.94. The maximum atomic E-state index is 12.5. The first-order valence-electron chi connectivity index (χ1n) is 7.79. The normalized spacial score (nSPS) is 10.3. The van der Waals surface area contributed by atoms with Crippen molar-refractivity contribution in [3.63, 3.8) is 0 Å². The number of hydrogen-bond donors (Lipinski definition) is 4. The largest absolute Gasteiger partial charge is 0.421 e. The van der Waals surface area contributed by atoms with E-state index in [0.717, 1.165) is 5.56 Å². The van der Waals surface area contributed by atoms with Crippen LogP contribution >= 0.6 is 0 Å². The van der Waals surface area contributed by atoms with E-state index < -0.39 is 22.7 Å². The molecule has 8 heteroatoms. The fourth-order valence-electron chi connectivity index (χ4n) is 2.37. The van der Waals surface area contributed by atoms with Crippen molar-refractivity contribution in [1.82, 2.24) is 9.71 Å². The van der Waals surface area contributed by atoms with Gasteiger partial charge in [0, 0.05) is 12.2 Å². The lowest BCUT2D eigenvalue weighted by Gasteiger charge is -2.12. The van der Waals surface area contributed by atoms with Gasteiger partial charge < -0.3 is 15.8 Å². The Morgan fingerprint density at radius 3 is 2.27 bits per heavy atom. The van der Waals surface area contributed by atoms with Crippen molar-refractivity contribution >= 4 is 17.4 Å². The molecular formula is C18H16N4O4. The smallest absolute Gasteiger partial charge is 0.363 e. The number of benzene rings is 2. The third-order valence-electron chi connectivity index (χ3n) is 3.65. The van der Waals surface area contributed by atoms with Gasteiger partial charge in [-0.1, -0.05) is 53.3 Å². The molecule has 1 aromatic heterocycles. The van der Waals surface area contributed by atoms with Crippen LogP contribution in [0.2, 0.25) is 0 Å². The highest BCUT2D eigenvalue weighted by molar-refractivity contribution is 6.07. The zero-order valence-electron chi connectivity index (χ0n) is 13.6. The predicted molar refractivity (Wildman–Crippen MR) is 96.7 cm³/mol. The van der Waals surface area contributed by atoms with Gasteiger partial charge >= 0.3 is 11.2 Å². The van der Waals surface area contributed by atoms with Crippen LogP contribution in [0.1, 0.15) is 15.9 Å². The fourth-order valence-corrected chi connectivity index (χ4v) is 2.37. The summed E-state index contributed by atoms with van der Waals surface area (Å²) in [4.78, 5) is 38.8. The lowest BCUT2D eigenvalue weighted by Crippen LogP contribution is -2.39. The number of aromatic amines is 1.